The standard InChI is InChI=1S/C9H8N4O3S2/c10-7-1-3-8(4-2-7)18(15,16)13(12-14)9-11-5-6-17-9/h1-6H,10H2. The lowest BCUT2D eigenvalue weighted by Gasteiger charge is -2.12. The number of aromatic nitrogens is 1. The molecule has 0 atom stereocenters. The minimum atomic E-state index is -4.04. The van der Waals surface area contributed by atoms with Crippen molar-refractivity contribution in [3.63, 3.8) is 0 Å². The Hall–Kier alpha value is -2.00. The smallest absolute Gasteiger partial charge is 0.288 e. The normalized spacial score (nSPS) is 11.1. The first kappa shape index (κ1) is 12.5. The van der Waals surface area contributed by atoms with Crippen molar-refractivity contribution in [3.05, 3.63) is 40.7 Å². The van der Waals surface area contributed by atoms with Crippen molar-refractivity contribution in [2.75, 3.05) is 10.1 Å². The summed E-state index contributed by atoms with van der Waals surface area (Å²) in [5.41, 5.74) is 5.89. The van der Waals surface area contributed by atoms with E-state index < -0.39 is 10.0 Å². The molecule has 2 N–H and O–H groups in total. The molecule has 0 unspecified atom stereocenters. The molecule has 9 heteroatoms. The fourth-order valence-corrected chi connectivity index (χ4v) is 3.16. The maximum atomic E-state index is 12.1. The van der Waals surface area contributed by atoms with Crippen LogP contribution in [0.1, 0.15) is 0 Å². The molecule has 0 spiro atoms. The molecule has 0 aliphatic heterocycles. The van der Waals surface area contributed by atoms with Gasteiger partial charge in [-0.05, 0) is 24.3 Å². The molecule has 0 amide bonds. The van der Waals surface area contributed by atoms with E-state index in [4.69, 9.17) is 5.73 Å². The maximum absolute atomic E-state index is 12.1. The van der Waals surface area contributed by atoms with Crippen molar-refractivity contribution < 1.29 is 8.42 Å². The first-order valence-corrected chi connectivity index (χ1v) is 7.01. The monoisotopic (exact) mass is 284 g/mol. The second-order valence-electron chi connectivity index (χ2n) is 3.21. The van der Waals surface area contributed by atoms with Gasteiger partial charge in [0.2, 0.25) is 5.13 Å². The number of sulfonamides is 1. The Morgan fingerprint density at radius 1 is 1.28 bits per heavy atom. The van der Waals surface area contributed by atoms with E-state index in [9.17, 15) is 13.3 Å². The van der Waals surface area contributed by atoms with Crippen molar-refractivity contribution in [2.45, 2.75) is 4.90 Å². The topological polar surface area (TPSA) is 106 Å². The van der Waals surface area contributed by atoms with Crippen LogP contribution in [0.5, 0.6) is 0 Å². The summed E-state index contributed by atoms with van der Waals surface area (Å²) in [6.07, 6.45) is 1.39. The number of thiazole rings is 1. The van der Waals surface area contributed by atoms with Crippen LogP contribution in [0.15, 0.2) is 46.0 Å². The summed E-state index contributed by atoms with van der Waals surface area (Å²) in [6.45, 7) is 0. The van der Waals surface area contributed by atoms with Crippen LogP contribution < -0.4 is 10.1 Å². The quantitative estimate of drug-likeness (QED) is 0.521. The van der Waals surface area contributed by atoms with Gasteiger partial charge in [-0.2, -0.15) is 8.42 Å². The number of hydrogen-bond donors (Lipinski definition) is 1. The highest BCUT2D eigenvalue weighted by Gasteiger charge is 2.28. The lowest BCUT2D eigenvalue weighted by atomic mass is 10.3. The van der Waals surface area contributed by atoms with E-state index in [-0.39, 0.29) is 10.0 Å². The van der Waals surface area contributed by atoms with Gasteiger partial charge in [0.25, 0.3) is 10.0 Å². The highest BCUT2D eigenvalue weighted by atomic mass is 32.2. The van der Waals surface area contributed by atoms with Crippen LogP contribution in [0.4, 0.5) is 10.8 Å². The number of benzene rings is 1. The predicted octanol–water partition coefficient (Wildman–Crippen LogP) is 1.60. The lowest BCUT2D eigenvalue weighted by molar-refractivity contribution is 0.592. The molecule has 0 bridgehead atoms. The van der Waals surface area contributed by atoms with Gasteiger partial charge in [-0.25, -0.2) is 4.98 Å². The zero-order valence-corrected chi connectivity index (χ0v) is 10.6. The highest BCUT2D eigenvalue weighted by Crippen LogP contribution is 2.26. The van der Waals surface area contributed by atoms with Crippen LogP contribution in [0, 0.1) is 4.91 Å². The third-order valence-corrected chi connectivity index (χ3v) is 4.49. The summed E-state index contributed by atoms with van der Waals surface area (Å²) in [5.74, 6) is 0. The average molecular weight is 284 g/mol. The van der Waals surface area contributed by atoms with E-state index in [2.05, 4.69) is 10.3 Å². The van der Waals surface area contributed by atoms with Gasteiger partial charge in [0.15, 0.2) is 0 Å². The summed E-state index contributed by atoms with van der Waals surface area (Å²) >= 11 is 0.998. The average Bonchev–Trinajstić information content (AvgIpc) is 2.84. The van der Waals surface area contributed by atoms with Crippen molar-refractivity contribution in [2.24, 2.45) is 5.29 Å². The first-order chi connectivity index (χ1) is 8.55. The van der Waals surface area contributed by atoms with Crippen LogP contribution in [0.25, 0.3) is 0 Å². The Kier molecular flexibility index (Phi) is 3.26. The summed E-state index contributed by atoms with van der Waals surface area (Å²) in [7, 11) is -4.04. The molecule has 2 rings (SSSR count). The molecule has 2 aromatic rings. The van der Waals surface area contributed by atoms with E-state index in [0.717, 1.165) is 11.3 Å². The molecule has 1 heterocycles. The van der Waals surface area contributed by atoms with Crippen LogP contribution in [0.3, 0.4) is 0 Å². The van der Waals surface area contributed by atoms with Crippen molar-refractivity contribution in [3.8, 4) is 0 Å². The van der Waals surface area contributed by atoms with Crippen molar-refractivity contribution >= 4 is 32.2 Å². The Balaban J connectivity index is 2.47. The van der Waals surface area contributed by atoms with E-state index in [0.29, 0.717) is 10.1 Å². The van der Waals surface area contributed by atoms with Crippen molar-refractivity contribution in [1.29, 1.82) is 0 Å². The lowest BCUT2D eigenvalue weighted by Crippen LogP contribution is -2.24. The molecule has 18 heavy (non-hydrogen) atoms. The molecule has 7 nitrogen and oxygen atoms in total. The summed E-state index contributed by atoms with van der Waals surface area (Å²) in [4.78, 5) is 14.4. The second-order valence-corrected chi connectivity index (χ2v) is 5.85. The number of nitroso groups, excluding NO2 is 1. The van der Waals surface area contributed by atoms with Gasteiger partial charge in [0.1, 0.15) is 0 Å². The molecule has 0 fully saturated rings. The Morgan fingerprint density at radius 2 is 1.94 bits per heavy atom. The van der Waals surface area contributed by atoms with Crippen LogP contribution in [0.2, 0.25) is 0 Å². The number of anilines is 2. The number of rotatable bonds is 4. The van der Waals surface area contributed by atoms with Gasteiger partial charge in [0, 0.05) is 17.3 Å². The van der Waals surface area contributed by atoms with Gasteiger partial charge in [-0.15, -0.1) is 16.2 Å². The number of nitrogens with two attached hydrogens (primary N) is 1. The van der Waals surface area contributed by atoms with Gasteiger partial charge in [-0.3, -0.25) is 0 Å². The summed E-state index contributed by atoms with van der Waals surface area (Å²) < 4.78 is 24.6. The molecule has 0 radical (unpaired) electrons. The van der Waals surface area contributed by atoms with Crippen molar-refractivity contribution in [1.82, 2.24) is 4.98 Å². The molecular formula is C9H8N4O3S2. The Morgan fingerprint density at radius 3 is 2.44 bits per heavy atom. The second kappa shape index (κ2) is 4.70. The fraction of sp³-hybridized carbons (Fsp3) is 0. The Labute approximate surface area is 107 Å². The molecule has 0 aliphatic carbocycles. The van der Waals surface area contributed by atoms with E-state index in [1.165, 1.54) is 30.5 Å². The number of hydrogen-bond acceptors (Lipinski definition) is 7. The molecule has 94 valence electrons. The molecular weight excluding hydrogens is 276 g/mol. The molecule has 0 saturated heterocycles. The SMILES string of the molecule is Nc1ccc(S(=O)(=O)N(N=O)c2nccs2)cc1. The number of nitrogens with zero attached hydrogens (tertiary/aromatic N) is 3. The minimum Gasteiger partial charge on any atom is -0.399 e. The first-order valence-electron chi connectivity index (χ1n) is 4.69. The largest absolute Gasteiger partial charge is 0.399 e. The molecule has 0 aliphatic rings. The van der Waals surface area contributed by atoms with Crippen LogP contribution >= 0.6 is 11.3 Å². The highest BCUT2D eigenvalue weighted by molar-refractivity contribution is 7.93. The van der Waals surface area contributed by atoms with Gasteiger partial charge < -0.3 is 5.73 Å². The molecule has 1 aromatic carbocycles. The third-order valence-electron chi connectivity index (χ3n) is 2.06. The molecule has 1 aromatic heterocycles. The van der Waals surface area contributed by atoms with E-state index >= 15 is 0 Å². The summed E-state index contributed by atoms with van der Waals surface area (Å²) in [6, 6.07) is 5.46. The van der Waals surface area contributed by atoms with Gasteiger partial charge in [-0.1, -0.05) is 4.41 Å². The predicted molar refractivity (Wildman–Crippen MR) is 68.4 cm³/mol. The number of nitrogen functional groups attached to an aromatic ring is 1. The minimum absolute atomic E-state index is 0.0122. The van der Waals surface area contributed by atoms with Crippen LogP contribution in [-0.2, 0) is 10.0 Å². The van der Waals surface area contributed by atoms with Gasteiger partial charge >= 0.3 is 0 Å². The third kappa shape index (κ3) is 2.17. The fourth-order valence-electron chi connectivity index (χ4n) is 1.23. The van der Waals surface area contributed by atoms with Gasteiger partial charge in [0.05, 0.1) is 10.2 Å². The van der Waals surface area contributed by atoms with E-state index in [1.807, 2.05) is 0 Å². The zero-order chi connectivity index (χ0) is 13.2. The summed E-state index contributed by atoms with van der Waals surface area (Å²) in [5, 5.41) is 4.05. The molecule has 0 saturated carbocycles. The van der Waals surface area contributed by atoms with E-state index in [1.54, 1.807) is 5.38 Å². The zero-order valence-electron chi connectivity index (χ0n) is 8.92. The van der Waals surface area contributed by atoms with Crippen LogP contribution in [-0.4, -0.2) is 13.4 Å². The maximum Gasteiger partial charge on any atom is 0.288 e. The Bertz CT molecular complexity index is 637.